The fourth-order valence-corrected chi connectivity index (χ4v) is 2.22. The van der Waals surface area contributed by atoms with E-state index in [9.17, 15) is 4.39 Å². The Labute approximate surface area is 99.2 Å². The van der Waals surface area contributed by atoms with Crippen LogP contribution in [0.5, 0.6) is 0 Å². The Balaban J connectivity index is 2.14. The lowest BCUT2D eigenvalue weighted by atomic mass is 10.2. The average molecular weight is 239 g/mol. The normalized spacial score (nSPS) is 20.9. The molecule has 1 saturated heterocycles. The lowest BCUT2D eigenvalue weighted by Crippen LogP contribution is -2.27. The van der Waals surface area contributed by atoms with Crippen LogP contribution in [-0.4, -0.2) is 17.5 Å². The first-order valence-electron chi connectivity index (χ1n) is 5.28. The van der Waals surface area contributed by atoms with E-state index in [0.29, 0.717) is 11.6 Å². The van der Waals surface area contributed by atoms with Crippen LogP contribution in [-0.2, 0) is 6.54 Å². The van der Waals surface area contributed by atoms with E-state index < -0.39 is 0 Å². The SMILES string of the molecule is N#CC1CCCN1Cc1cc(F)ccc1Cl. The molecule has 84 valence electrons. The van der Waals surface area contributed by atoms with Gasteiger partial charge in [-0.1, -0.05) is 11.6 Å². The van der Waals surface area contributed by atoms with Crippen molar-refractivity contribution in [3.8, 4) is 6.07 Å². The van der Waals surface area contributed by atoms with E-state index in [1.165, 1.54) is 12.1 Å². The molecular weight excluding hydrogens is 227 g/mol. The molecule has 0 spiro atoms. The van der Waals surface area contributed by atoms with Crippen LogP contribution in [0.15, 0.2) is 18.2 Å². The van der Waals surface area contributed by atoms with Crippen molar-refractivity contribution >= 4 is 11.6 Å². The molecule has 1 fully saturated rings. The second-order valence-corrected chi connectivity index (χ2v) is 4.40. The number of halogens is 2. The molecule has 16 heavy (non-hydrogen) atoms. The highest BCUT2D eigenvalue weighted by atomic mass is 35.5. The molecule has 1 atom stereocenters. The van der Waals surface area contributed by atoms with Crippen LogP contribution < -0.4 is 0 Å². The first-order chi connectivity index (χ1) is 7.70. The average Bonchev–Trinajstić information content (AvgIpc) is 2.71. The van der Waals surface area contributed by atoms with Gasteiger partial charge < -0.3 is 0 Å². The fourth-order valence-electron chi connectivity index (χ4n) is 2.04. The molecule has 0 saturated carbocycles. The Hall–Kier alpha value is -1.11. The van der Waals surface area contributed by atoms with Crippen LogP contribution in [0.3, 0.4) is 0 Å². The van der Waals surface area contributed by atoms with Gasteiger partial charge in [0, 0.05) is 11.6 Å². The van der Waals surface area contributed by atoms with E-state index >= 15 is 0 Å². The zero-order valence-corrected chi connectivity index (χ0v) is 9.54. The van der Waals surface area contributed by atoms with Crippen molar-refractivity contribution in [1.82, 2.24) is 4.90 Å². The van der Waals surface area contributed by atoms with Gasteiger partial charge in [-0.05, 0) is 43.1 Å². The zero-order valence-electron chi connectivity index (χ0n) is 8.79. The summed E-state index contributed by atoms with van der Waals surface area (Å²) in [5.74, 6) is -0.285. The summed E-state index contributed by atoms with van der Waals surface area (Å²) in [5.41, 5.74) is 0.754. The standard InChI is InChI=1S/C12H12ClFN2/c13-12-4-3-10(14)6-9(12)8-16-5-1-2-11(16)7-15/h3-4,6,11H,1-2,5,8H2. The number of nitrogens with zero attached hydrogens (tertiary/aromatic N) is 2. The summed E-state index contributed by atoms with van der Waals surface area (Å²) < 4.78 is 13.1. The van der Waals surface area contributed by atoms with Gasteiger partial charge in [0.25, 0.3) is 0 Å². The third kappa shape index (κ3) is 2.34. The van der Waals surface area contributed by atoms with Gasteiger partial charge in [0.15, 0.2) is 0 Å². The summed E-state index contributed by atoms with van der Waals surface area (Å²) >= 11 is 5.99. The minimum absolute atomic E-state index is 0.0562. The predicted octanol–water partition coefficient (Wildman–Crippen LogP) is 2.97. The molecule has 0 aliphatic carbocycles. The first-order valence-corrected chi connectivity index (χ1v) is 5.66. The van der Waals surface area contributed by atoms with Gasteiger partial charge in [-0.2, -0.15) is 5.26 Å². The van der Waals surface area contributed by atoms with Crippen molar-refractivity contribution in [2.75, 3.05) is 6.54 Å². The maximum absolute atomic E-state index is 13.1. The lowest BCUT2D eigenvalue weighted by Gasteiger charge is -2.19. The minimum Gasteiger partial charge on any atom is -0.284 e. The Morgan fingerprint density at radius 2 is 2.38 bits per heavy atom. The molecule has 2 rings (SSSR count). The van der Waals surface area contributed by atoms with Crippen molar-refractivity contribution in [2.45, 2.75) is 25.4 Å². The van der Waals surface area contributed by atoms with Crippen molar-refractivity contribution < 1.29 is 4.39 Å². The van der Waals surface area contributed by atoms with E-state index in [0.717, 1.165) is 24.9 Å². The van der Waals surface area contributed by atoms with Crippen LogP contribution in [0, 0.1) is 17.1 Å². The fraction of sp³-hybridized carbons (Fsp3) is 0.417. The summed E-state index contributed by atoms with van der Waals surface area (Å²) in [6, 6.07) is 6.54. The van der Waals surface area contributed by atoms with E-state index in [4.69, 9.17) is 16.9 Å². The number of nitriles is 1. The van der Waals surface area contributed by atoms with Gasteiger partial charge in [0.1, 0.15) is 5.82 Å². The van der Waals surface area contributed by atoms with E-state index in [1.54, 1.807) is 6.07 Å². The summed E-state index contributed by atoms with van der Waals surface area (Å²) in [7, 11) is 0. The molecule has 1 aromatic carbocycles. The molecule has 0 aromatic heterocycles. The molecule has 1 aromatic rings. The molecule has 0 radical (unpaired) electrons. The molecule has 1 heterocycles. The van der Waals surface area contributed by atoms with Crippen molar-refractivity contribution in [2.24, 2.45) is 0 Å². The lowest BCUT2D eigenvalue weighted by molar-refractivity contribution is 0.286. The van der Waals surface area contributed by atoms with Gasteiger partial charge in [-0.25, -0.2) is 4.39 Å². The number of likely N-dealkylation sites (tertiary alicyclic amines) is 1. The van der Waals surface area contributed by atoms with Crippen molar-refractivity contribution in [3.63, 3.8) is 0 Å². The first kappa shape index (κ1) is 11.4. The van der Waals surface area contributed by atoms with Crippen LogP contribution >= 0.6 is 11.6 Å². The largest absolute Gasteiger partial charge is 0.284 e. The van der Waals surface area contributed by atoms with Gasteiger partial charge in [-0.15, -0.1) is 0 Å². The molecule has 1 unspecified atom stereocenters. The number of rotatable bonds is 2. The minimum atomic E-state index is -0.285. The Morgan fingerprint density at radius 3 is 3.12 bits per heavy atom. The second kappa shape index (κ2) is 4.82. The van der Waals surface area contributed by atoms with E-state index in [-0.39, 0.29) is 11.9 Å². The highest BCUT2D eigenvalue weighted by Crippen LogP contribution is 2.23. The van der Waals surface area contributed by atoms with Gasteiger partial charge >= 0.3 is 0 Å². The maximum atomic E-state index is 13.1. The predicted molar refractivity (Wildman–Crippen MR) is 60.5 cm³/mol. The molecular formula is C12H12ClFN2. The number of hydrogen-bond donors (Lipinski definition) is 0. The molecule has 0 bridgehead atoms. The third-order valence-corrected chi connectivity index (χ3v) is 3.26. The van der Waals surface area contributed by atoms with Gasteiger partial charge in [0.05, 0.1) is 12.1 Å². The molecule has 1 aliphatic rings. The molecule has 0 N–H and O–H groups in total. The molecule has 0 amide bonds. The Morgan fingerprint density at radius 1 is 1.56 bits per heavy atom. The number of benzene rings is 1. The zero-order chi connectivity index (χ0) is 11.5. The molecule has 1 aliphatic heterocycles. The monoisotopic (exact) mass is 238 g/mol. The smallest absolute Gasteiger partial charge is 0.123 e. The van der Waals surface area contributed by atoms with Crippen molar-refractivity contribution in [3.05, 3.63) is 34.6 Å². The third-order valence-electron chi connectivity index (χ3n) is 2.89. The van der Waals surface area contributed by atoms with Gasteiger partial charge in [-0.3, -0.25) is 4.90 Å². The van der Waals surface area contributed by atoms with Crippen LogP contribution in [0.4, 0.5) is 4.39 Å². The second-order valence-electron chi connectivity index (χ2n) is 3.99. The molecule has 2 nitrogen and oxygen atoms in total. The van der Waals surface area contributed by atoms with E-state index in [2.05, 4.69) is 6.07 Å². The van der Waals surface area contributed by atoms with Crippen molar-refractivity contribution in [1.29, 1.82) is 5.26 Å². The summed E-state index contributed by atoms with van der Waals surface area (Å²) in [6.45, 7) is 1.43. The number of hydrogen-bond acceptors (Lipinski definition) is 2. The highest BCUT2D eigenvalue weighted by Gasteiger charge is 2.24. The maximum Gasteiger partial charge on any atom is 0.123 e. The summed E-state index contributed by atoms with van der Waals surface area (Å²) in [5, 5.41) is 9.50. The van der Waals surface area contributed by atoms with Crippen LogP contribution in [0.1, 0.15) is 18.4 Å². The topological polar surface area (TPSA) is 27.0 Å². The van der Waals surface area contributed by atoms with Gasteiger partial charge in [0.2, 0.25) is 0 Å². The molecule has 4 heteroatoms. The Bertz CT molecular complexity index is 428. The van der Waals surface area contributed by atoms with E-state index in [1.807, 2.05) is 4.90 Å². The van der Waals surface area contributed by atoms with Crippen LogP contribution in [0.2, 0.25) is 5.02 Å². The van der Waals surface area contributed by atoms with Crippen LogP contribution in [0.25, 0.3) is 0 Å². The Kier molecular flexibility index (Phi) is 3.42. The quantitative estimate of drug-likeness (QED) is 0.792. The summed E-state index contributed by atoms with van der Waals surface area (Å²) in [4.78, 5) is 2.04. The highest BCUT2D eigenvalue weighted by molar-refractivity contribution is 6.31. The summed E-state index contributed by atoms with van der Waals surface area (Å²) in [6.07, 6.45) is 1.91.